The Balaban J connectivity index is 0.00000348. The molecule has 252 valence electrons. The molecule has 4 nitrogen and oxygen atoms in total. The van der Waals surface area contributed by atoms with E-state index in [-0.39, 0.29) is 37.3 Å². The van der Waals surface area contributed by atoms with Gasteiger partial charge in [-0.15, -0.1) is 41.3 Å². The Morgan fingerprint density at radius 3 is 2.29 bits per heavy atom. The molecule has 0 fully saturated rings. The van der Waals surface area contributed by atoms with Crippen molar-refractivity contribution in [2.75, 3.05) is 0 Å². The molecule has 0 aliphatic carbocycles. The van der Waals surface area contributed by atoms with Gasteiger partial charge in [-0.1, -0.05) is 130 Å². The van der Waals surface area contributed by atoms with Crippen LogP contribution in [0.3, 0.4) is 0 Å². The second-order valence-electron chi connectivity index (χ2n) is 16.2. The maximum atomic E-state index is 5.12. The van der Waals surface area contributed by atoms with Crippen LogP contribution in [-0.2, 0) is 37.3 Å². The standard InChI is InChI=1S/C46H38N4.Pt/c1-44(2,3)29-20-21-47-41(24-29)49-38-17-9-8-13-31(38)32-19-18-28(23-39(32)49)30-14-10-12-27-22-35-33-15-11-16-37-42(33)50-40(46(6,7)45(37,4)5)26-48-43(50)36(35)25-34(27)30;/h8-22,24,26H,1-7H3;/q-2;+2. The molecule has 0 bridgehead atoms. The molecule has 0 saturated heterocycles. The number of fused-ring (bicyclic) bond motifs is 7. The molecule has 5 aromatic carbocycles. The molecular weight excluding hydrogens is 804 g/mol. The molecule has 1 aliphatic heterocycles. The van der Waals surface area contributed by atoms with Crippen molar-refractivity contribution in [2.24, 2.45) is 0 Å². The van der Waals surface area contributed by atoms with Crippen molar-refractivity contribution >= 4 is 59.9 Å². The Morgan fingerprint density at radius 2 is 1.47 bits per heavy atom. The van der Waals surface area contributed by atoms with Crippen LogP contribution in [0.1, 0.15) is 65.3 Å². The van der Waals surface area contributed by atoms with Gasteiger partial charge in [-0.05, 0) is 51.0 Å². The molecule has 0 amide bonds. The molecule has 1 aliphatic rings. The minimum Gasteiger partial charge on any atom is -0.328 e. The fourth-order valence-electron chi connectivity index (χ4n) is 8.52. The second-order valence-corrected chi connectivity index (χ2v) is 16.2. The quantitative estimate of drug-likeness (QED) is 0.0987. The largest absolute Gasteiger partial charge is 2.00 e. The van der Waals surface area contributed by atoms with Gasteiger partial charge >= 0.3 is 21.1 Å². The zero-order valence-electron chi connectivity index (χ0n) is 29.9. The third-order valence-corrected chi connectivity index (χ3v) is 12.0. The SMILES string of the molecule is CC(C)(C)c1ccnc(-n2c3[c-]c(-c4cccc5cc6c([c-]c45)c4ncc5n4c4c(cccc64)C(C)(C)C5(C)C)ccc3c3ccccc32)c1.[Pt+2]. The van der Waals surface area contributed by atoms with Gasteiger partial charge in [0.15, 0.2) is 0 Å². The summed E-state index contributed by atoms with van der Waals surface area (Å²) in [4.78, 5) is 10.0. The summed E-state index contributed by atoms with van der Waals surface area (Å²) in [6, 6.07) is 40.9. The summed E-state index contributed by atoms with van der Waals surface area (Å²) < 4.78 is 4.69. The molecule has 5 heteroatoms. The molecule has 0 saturated carbocycles. The summed E-state index contributed by atoms with van der Waals surface area (Å²) >= 11 is 0. The molecule has 51 heavy (non-hydrogen) atoms. The maximum absolute atomic E-state index is 5.12. The van der Waals surface area contributed by atoms with Crippen molar-refractivity contribution in [1.29, 1.82) is 0 Å². The van der Waals surface area contributed by atoms with Crippen LogP contribution in [0.15, 0.2) is 103 Å². The number of para-hydroxylation sites is 2. The van der Waals surface area contributed by atoms with Gasteiger partial charge in [0, 0.05) is 40.0 Å². The van der Waals surface area contributed by atoms with Gasteiger partial charge < -0.3 is 8.97 Å². The van der Waals surface area contributed by atoms with Gasteiger partial charge in [-0.3, -0.25) is 4.98 Å². The molecule has 0 atom stereocenters. The Bertz CT molecular complexity index is 2920. The van der Waals surface area contributed by atoms with Gasteiger partial charge in [-0.25, -0.2) is 4.98 Å². The Morgan fingerprint density at radius 1 is 0.686 bits per heavy atom. The van der Waals surface area contributed by atoms with Gasteiger partial charge in [0.2, 0.25) is 0 Å². The third kappa shape index (κ3) is 4.23. The van der Waals surface area contributed by atoms with E-state index in [1.165, 1.54) is 38.5 Å². The second kappa shape index (κ2) is 10.6. The molecule has 5 heterocycles. The predicted molar refractivity (Wildman–Crippen MR) is 208 cm³/mol. The number of pyridine rings is 2. The number of nitrogens with zero attached hydrogens (tertiary/aromatic N) is 4. The number of aromatic nitrogens is 4. The summed E-state index contributed by atoms with van der Waals surface area (Å²) in [5.41, 5.74) is 10.2. The number of benzene rings is 5. The van der Waals surface area contributed by atoms with Crippen molar-refractivity contribution in [3.63, 3.8) is 0 Å². The fourth-order valence-corrected chi connectivity index (χ4v) is 8.52. The Kier molecular flexibility index (Phi) is 6.69. The first-order chi connectivity index (χ1) is 23.9. The van der Waals surface area contributed by atoms with Crippen molar-refractivity contribution in [3.05, 3.63) is 132 Å². The first-order valence-electron chi connectivity index (χ1n) is 17.6. The van der Waals surface area contributed by atoms with Gasteiger partial charge in [-0.2, -0.15) is 0 Å². The molecule has 0 spiro atoms. The molecule has 0 unspecified atom stereocenters. The van der Waals surface area contributed by atoms with Crippen LogP contribution in [0, 0.1) is 12.1 Å². The molecule has 0 N–H and O–H groups in total. The summed E-state index contributed by atoms with van der Waals surface area (Å²) in [5, 5.41) is 8.08. The van der Waals surface area contributed by atoms with E-state index in [1.54, 1.807) is 0 Å². The van der Waals surface area contributed by atoms with Crippen molar-refractivity contribution in [2.45, 2.75) is 64.7 Å². The molecule has 9 aromatic rings. The molecule has 0 radical (unpaired) electrons. The summed E-state index contributed by atoms with van der Waals surface area (Å²) in [5.74, 6) is 0.906. The average molecular weight is 842 g/mol. The van der Waals surface area contributed by atoms with E-state index < -0.39 is 0 Å². The van der Waals surface area contributed by atoms with E-state index in [1.807, 2.05) is 6.20 Å². The van der Waals surface area contributed by atoms with Crippen LogP contribution >= 0.6 is 0 Å². The fraction of sp³-hybridized carbons (Fsp3) is 0.217. The van der Waals surface area contributed by atoms with E-state index in [2.05, 4.69) is 167 Å². The monoisotopic (exact) mass is 841 g/mol. The van der Waals surface area contributed by atoms with Crippen LogP contribution in [-0.4, -0.2) is 18.9 Å². The van der Waals surface area contributed by atoms with Crippen LogP contribution in [0.5, 0.6) is 0 Å². The van der Waals surface area contributed by atoms with Gasteiger partial charge in [0.05, 0.1) is 5.65 Å². The smallest absolute Gasteiger partial charge is 0.328 e. The number of imidazole rings is 1. The Hall–Kier alpha value is -4.79. The zero-order valence-corrected chi connectivity index (χ0v) is 32.2. The molecule has 4 aromatic heterocycles. The van der Waals surface area contributed by atoms with Crippen LogP contribution in [0.2, 0.25) is 0 Å². The van der Waals surface area contributed by atoms with Crippen LogP contribution in [0.4, 0.5) is 0 Å². The van der Waals surface area contributed by atoms with E-state index in [4.69, 9.17) is 9.97 Å². The summed E-state index contributed by atoms with van der Waals surface area (Å²) in [6.07, 6.45) is 4.03. The van der Waals surface area contributed by atoms with Gasteiger partial charge in [0.1, 0.15) is 5.82 Å². The summed E-state index contributed by atoms with van der Waals surface area (Å²) in [7, 11) is 0. The zero-order chi connectivity index (χ0) is 34.3. The number of rotatable bonds is 2. The van der Waals surface area contributed by atoms with Crippen LogP contribution < -0.4 is 0 Å². The van der Waals surface area contributed by atoms with Crippen LogP contribution in [0.25, 0.3) is 76.8 Å². The van der Waals surface area contributed by atoms with Crippen molar-refractivity contribution in [1.82, 2.24) is 18.9 Å². The van der Waals surface area contributed by atoms with Crippen molar-refractivity contribution in [3.8, 4) is 16.9 Å². The van der Waals surface area contributed by atoms with E-state index in [0.29, 0.717) is 0 Å². The van der Waals surface area contributed by atoms with E-state index >= 15 is 0 Å². The van der Waals surface area contributed by atoms with Gasteiger partial charge in [0.25, 0.3) is 0 Å². The topological polar surface area (TPSA) is 35.1 Å². The van der Waals surface area contributed by atoms with E-state index in [0.717, 1.165) is 55.2 Å². The Labute approximate surface area is 312 Å². The normalized spacial score (nSPS) is 15.1. The third-order valence-electron chi connectivity index (χ3n) is 12.0. The van der Waals surface area contributed by atoms with Crippen molar-refractivity contribution < 1.29 is 21.1 Å². The first-order valence-corrected chi connectivity index (χ1v) is 17.6. The number of hydrogen-bond acceptors (Lipinski definition) is 2. The average Bonchev–Trinajstić information content (AvgIpc) is 3.70. The summed E-state index contributed by atoms with van der Waals surface area (Å²) in [6.45, 7) is 16.2. The van der Waals surface area contributed by atoms with E-state index in [9.17, 15) is 0 Å². The predicted octanol–water partition coefficient (Wildman–Crippen LogP) is 11.4. The molecular formula is C46H38N4Pt. The minimum atomic E-state index is -0.104. The molecule has 10 rings (SSSR count). The maximum Gasteiger partial charge on any atom is 2.00 e. The number of hydrogen-bond donors (Lipinski definition) is 0. The minimum absolute atomic E-state index is 0. The first kappa shape index (κ1) is 32.1.